The van der Waals surface area contributed by atoms with E-state index in [1.807, 2.05) is 36.4 Å². The van der Waals surface area contributed by atoms with Gasteiger partial charge in [-0.3, -0.25) is 4.79 Å². The average Bonchev–Trinajstić information content (AvgIpc) is 3.31. The van der Waals surface area contributed by atoms with Crippen LogP contribution in [0.3, 0.4) is 0 Å². The van der Waals surface area contributed by atoms with Crippen molar-refractivity contribution in [3.05, 3.63) is 77.5 Å². The molecule has 2 aliphatic heterocycles. The smallest absolute Gasteiger partial charge is 0.253 e. The lowest BCUT2D eigenvalue weighted by Gasteiger charge is -2.29. The van der Waals surface area contributed by atoms with Gasteiger partial charge in [0.1, 0.15) is 12.3 Å². The first kappa shape index (κ1) is 24.6. The number of fused-ring (bicyclic) bond motifs is 2. The number of carbonyl (C=O) groups is 1. The number of aryl methyl sites for hydroxylation is 1. The van der Waals surface area contributed by atoms with Gasteiger partial charge in [-0.2, -0.15) is 5.10 Å². The highest BCUT2D eigenvalue weighted by Crippen LogP contribution is 2.35. The van der Waals surface area contributed by atoms with E-state index in [1.165, 1.54) is 12.1 Å². The van der Waals surface area contributed by atoms with Crippen LogP contribution in [0, 0.1) is 11.6 Å². The number of anilines is 1. The van der Waals surface area contributed by atoms with E-state index in [1.54, 1.807) is 15.6 Å². The van der Waals surface area contributed by atoms with Crippen molar-refractivity contribution in [3.63, 3.8) is 0 Å². The first-order valence-corrected chi connectivity index (χ1v) is 13.0. The Morgan fingerprint density at radius 2 is 1.89 bits per heavy atom. The van der Waals surface area contributed by atoms with Crippen molar-refractivity contribution in [2.45, 2.75) is 44.9 Å². The van der Waals surface area contributed by atoms with Gasteiger partial charge in [-0.1, -0.05) is 30.3 Å². The number of carbonyl (C=O) groups excluding carboxylic acids is 1. The van der Waals surface area contributed by atoms with Crippen LogP contribution >= 0.6 is 0 Å². The Labute approximate surface area is 219 Å². The summed E-state index contributed by atoms with van der Waals surface area (Å²) in [5, 5.41) is 5.21. The van der Waals surface area contributed by atoms with Crippen LogP contribution in [0.25, 0.3) is 22.3 Å². The van der Waals surface area contributed by atoms with E-state index >= 15 is 0 Å². The second kappa shape index (κ2) is 10.6. The van der Waals surface area contributed by atoms with Gasteiger partial charge in [0, 0.05) is 24.6 Å². The SMILES string of the molecule is O=C(COCc1ccccc1)N1CCCc2nc(-c3nn(C4CCCCO4)c4cc(F)c(F)cc34)ccc21. The molecule has 0 aliphatic carbocycles. The molecule has 0 bridgehead atoms. The number of halogens is 2. The molecule has 0 radical (unpaired) electrons. The fraction of sp³-hybridized carbons (Fsp3) is 0.345. The molecule has 0 saturated carbocycles. The third-order valence-electron chi connectivity index (χ3n) is 7.09. The summed E-state index contributed by atoms with van der Waals surface area (Å²) in [6, 6.07) is 15.7. The van der Waals surface area contributed by atoms with E-state index in [2.05, 4.69) is 0 Å². The van der Waals surface area contributed by atoms with Crippen LogP contribution < -0.4 is 4.90 Å². The molecule has 0 N–H and O–H groups in total. The predicted octanol–water partition coefficient (Wildman–Crippen LogP) is 5.57. The van der Waals surface area contributed by atoms with Crippen molar-refractivity contribution in [1.29, 1.82) is 0 Å². The zero-order valence-electron chi connectivity index (χ0n) is 20.9. The molecule has 4 heterocycles. The summed E-state index contributed by atoms with van der Waals surface area (Å²) in [6.45, 7) is 1.52. The van der Waals surface area contributed by atoms with Crippen molar-refractivity contribution >= 4 is 22.5 Å². The van der Waals surface area contributed by atoms with Crippen LogP contribution in [0.15, 0.2) is 54.6 Å². The number of nitrogens with zero attached hydrogens (tertiary/aromatic N) is 4. The molecule has 7 nitrogen and oxygen atoms in total. The van der Waals surface area contributed by atoms with E-state index < -0.39 is 11.6 Å². The van der Waals surface area contributed by atoms with Gasteiger partial charge in [0.15, 0.2) is 17.9 Å². The zero-order chi connectivity index (χ0) is 26.1. The third-order valence-corrected chi connectivity index (χ3v) is 7.09. The van der Waals surface area contributed by atoms with Gasteiger partial charge >= 0.3 is 0 Å². The molecule has 2 aliphatic rings. The van der Waals surface area contributed by atoms with Crippen LogP contribution in [0.1, 0.15) is 43.2 Å². The van der Waals surface area contributed by atoms with E-state index in [0.717, 1.165) is 42.6 Å². The van der Waals surface area contributed by atoms with Gasteiger partial charge in [-0.15, -0.1) is 0 Å². The Kier molecular flexibility index (Phi) is 6.86. The van der Waals surface area contributed by atoms with Crippen molar-refractivity contribution < 1.29 is 23.0 Å². The highest BCUT2D eigenvalue weighted by atomic mass is 19.2. The molecule has 38 heavy (non-hydrogen) atoms. The second-order valence-electron chi connectivity index (χ2n) is 9.69. The maximum Gasteiger partial charge on any atom is 0.253 e. The average molecular weight is 519 g/mol. The van der Waals surface area contributed by atoms with Gasteiger partial charge in [-0.05, 0) is 55.9 Å². The Morgan fingerprint density at radius 3 is 2.71 bits per heavy atom. The fourth-order valence-electron chi connectivity index (χ4n) is 5.20. The molecular formula is C29H28F2N4O3. The van der Waals surface area contributed by atoms with Crippen LogP contribution in [-0.4, -0.2) is 40.4 Å². The lowest BCUT2D eigenvalue weighted by atomic mass is 10.1. The maximum atomic E-state index is 14.3. The van der Waals surface area contributed by atoms with Gasteiger partial charge in [0.2, 0.25) is 0 Å². The number of aromatic nitrogens is 3. The summed E-state index contributed by atoms with van der Waals surface area (Å²) in [7, 11) is 0. The molecule has 9 heteroatoms. The standard InChI is InChI=1S/C29H28F2N4O3/c30-21-15-20-26(16-22(21)31)35(28-10-4-5-14-38-28)33-29(20)24-11-12-25-23(32-24)9-6-13-34(25)27(36)18-37-17-19-7-2-1-3-8-19/h1-3,7-8,11-12,15-16,28H,4-6,9-10,13-14,17-18H2. The third kappa shape index (κ3) is 4.79. The highest BCUT2D eigenvalue weighted by molar-refractivity contribution is 5.96. The normalized spacial score (nSPS) is 17.5. The molecule has 2 aromatic carbocycles. The van der Waals surface area contributed by atoms with Gasteiger partial charge in [-0.25, -0.2) is 18.4 Å². The summed E-state index contributed by atoms with van der Waals surface area (Å²) in [5.74, 6) is -1.99. The quantitative estimate of drug-likeness (QED) is 0.334. The largest absolute Gasteiger partial charge is 0.367 e. The molecule has 2 aromatic heterocycles. The molecule has 1 saturated heterocycles. The molecule has 1 unspecified atom stereocenters. The van der Waals surface area contributed by atoms with E-state index in [0.29, 0.717) is 48.5 Å². The lowest BCUT2D eigenvalue weighted by Crippen LogP contribution is -2.38. The second-order valence-corrected chi connectivity index (χ2v) is 9.69. The number of amides is 1. The molecular weight excluding hydrogens is 490 g/mol. The van der Waals surface area contributed by atoms with Crippen molar-refractivity contribution in [2.75, 3.05) is 24.7 Å². The van der Waals surface area contributed by atoms with Crippen molar-refractivity contribution in [3.8, 4) is 11.4 Å². The molecule has 1 atom stereocenters. The van der Waals surface area contributed by atoms with Crippen molar-refractivity contribution in [2.24, 2.45) is 0 Å². The number of pyridine rings is 1. The van der Waals surface area contributed by atoms with Crippen molar-refractivity contribution in [1.82, 2.24) is 14.8 Å². The molecule has 196 valence electrons. The summed E-state index contributed by atoms with van der Waals surface area (Å²) < 4.78 is 41.7. The van der Waals surface area contributed by atoms with Crippen LogP contribution in [0.5, 0.6) is 0 Å². The molecule has 1 fully saturated rings. The summed E-state index contributed by atoms with van der Waals surface area (Å²) in [6.07, 6.45) is 3.80. The molecule has 1 amide bonds. The number of hydrogen-bond donors (Lipinski definition) is 0. The molecule has 4 aromatic rings. The first-order valence-electron chi connectivity index (χ1n) is 13.0. The van der Waals surface area contributed by atoms with Gasteiger partial charge in [0.05, 0.1) is 29.2 Å². The van der Waals surface area contributed by atoms with E-state index in [9.17, 15) is 13.6 Å². The van der Waals surface area contributed by atoms with Crippen LogP contribution in [-0.2, 0) is 27.3 Å². The minimum Gasteiger partial charge on any atom is -0.367 e. The van der Waals surface area contributed by atoms with Gasteiger partial charge < -0.3 is 14.4 Å². The number of benzene rings is 2. The first-order chi connectivity index (χ1) is 18.6. The van der Waals surface area contributed by atoms with Crippen LogP contribution in [0.4, 0.5) is 14.5 Å². The summed E-state index contributed by atoms with van der Waals surface area (Å²) in [4.78, 5) is 19.5. The van der Waals surface area contributed by atoms with Gasteiger partial charge in [0.25, 0.3) is 5.91 Å². The minimum atomic E-state index is -0.937. The Hall–Kier alpha value is -3.69. The zero-order valence-corrected chi connectivity index (χ0v) is 20.9. The Morgan fingerprint density at radius 1 is 1.05 bits per heavy atom. The Bertz CT molecular complexity index is 1470. The topological polar surface area (TPSA) is 69.5 Å². The number of hydrogen-bond acceptors (Lipinski definition) is 5. The molecule has 6 rings (SSSR count). The van der Waals surface area contributed by atoms with E-state index in [-0.39, 0.29) is 18.7 Å². The predicted molar refractivity (Wildman–Crippen MR) is 138 cm³/mol. The summed E-state index contributed by atoms with van der Waals surface area (Å²) >= 11 is 0. The monoisotopic (exact) mass is 518 g/mol. The number of ether oxygens (including phenoxy) is 2. The maximum absolute atomic E-state index is 14.3. The molecule has 0 spiro atoms. The lowest BCUT2D eigenvalue weighted by molar-refractivity contribution is -0.123. The van der Waals surface area contributed by atoms with E-state index in [4.69, 9.17) is 19.6 Å². The Balaban J connectivity index is 1.28. The summed E-state index contributed by atoms with van der Waals surface area (Å²) in [5.41, 5.74) is 3.99. The highest BCUT2D eigenvalue weighted by Gasteiger charge is 2.27. The van der Waals surface area contributed by atoms with Crippen LogP contribution in [0.2, 0.25) is 0 Å². The number of rotatable bonds is 6. The fourth-order valence-corrected chi connectivity index (χ4v) is 5.20. The minimum absolute atomic E-state index is 0.0304.